The van der Waals surface area contributed by atoms with Crippen LogP contribution in [0.4, 0.5) is 0 Å². The molecule has 0 aromatic heterocycles. The van der Waals surface area contributed by atoms with Crippen LogP contribution in [0.15, 0.2) is 0 Å². The van der Waals surface area contributed by atoms with Crippen LogP contribution in [0, 0.1) is 11.8 Å². The van der Waals surface area contributed by atoms with E-state index in [1.54, 1.807) is 0 Å². The fourth-order valence-electron chi connectivity index (χ4n) is 1.62. The van der Waals surface area contributed by atoms with Gasteiger partial charge in [0.2, 0.25) is 0 Å². The van der Waals surface area contributed by atoms with Crippen molar-refractivity contribution in [3.63, 3.8) is 0 Å². The smallest absolute Gasteiger partial charge is 0 e. The van der Waals surface area contributed by atoms with Crippen molar-refractivity contribution >= 4 is 0 Å². The third-order valence-electron chi connectivity index (χ3n) is 2.34. The maximum atomic E-state index is 2.34. The van der Waals surface area contributed by atoms with Crippen LogP contribution in [-0.2, 0) is 0 Å². The first-order valence-electron chi connectivity index (χ1n) is 3.80. The summed E-state index contributed by atoms with van der Waals surface area (Å²) >= 11 is 0. The lowest BCUT2D eigenvalue weighted by molar-refractivity contribution is 0.396. The summed E-state index contributed by atoms with van der Waals surface area (Å²) in [6.45, 7) is 4.69. The lowest BCUT2D eigenvalue weighted by atomic mass is 9.95. The lowest BCUT2D eigenvalue weighted by Gasteiger charge is -2.11. The van der Waals surface area contributed by atoms with Crippen molar-refractivity contribution in [2.45, 2.75) is 39.5 Å². The van der Waals surface area contributed by atoms with Crippen LogP contribution >= 0.6 is 0 Å². The number of hydrogen-bond donors (Lipinski definition) is 0. The molecule has 0 spiro atoms. The van der Waals surface area contributed by atoms with Gasteiger partial charge in [0, 0.05) is 1.43 Å². The summed E-state index contributed by atoms with van der Waals surface area (Å²) in [5.74, 6) is 2.01. The Bertz CT molecular complexity index is 63.0. The van der Waals surface area contributed by atoms with E-state index in [0.717, 1.165) is 11.8 Å². The van der Waals surface area contributed by atoms with Crippen LogP contribution in [0.25, 0.3) is 0 Å². The molecule has 0 amide bonds. The average molecular weight is 114 g/mol. The molecule has 1 saturated carbocycles. The lowest BCUT2D eigenvalue weighted by Crippen LogP contribution is -2.01. The van der Waals surface area contributed by atoms with Crippen LogP contribution in [0.1, 0.15) is 41.0 Å². The molecule has 0 aromatic rings. The molecule has 1 aliphatic rings. The zero-order chi connectivity index (χ0) is 5.98. The van der Waals surface area contributed by atoms with E-state index in [1.165, 1.54) is 25.7 Å². The first-order valence-corrected chi connectivity index (χ1v) is 3.80. The van der Waals surface area contributed by atoms with Gasteiger partial charge >= 0.3 is 0 Å². The Morgan fingerprint density at radius 2 is 1.75 bits per heavy atom. The van der Waals surface area contributed by atoms with Gasteiger partial charge in [-0.25, -0.2) is 0 Å². The van der Waals surface area contributed by atoms with E-state index >= 15 is 0 Å². The topological polar surface area (TPSA) is 0 Å². The van der Waals surface area contributed by atoms with E-state index < -0.39 is 0 Å². The molecule has 0 heterocycles. The Hall–Kier alpha value is 0. The van der Waals surface area contributed by atoms with E-state index in [0.29, 0.717) is 0 Å². The average Bonchev–Trinajstić information content (AvgIpc) is 2.12. The molecule has 0 aromatic carbocycles. The Morgan fingerprint density at radius 3 is 2.00 bits per heavy atom. The molecular formula is C8H18. The fourth-order valence-corrected chi connectivity index (χ4v) is 1.62. The zero-order valence-electron chi connectivity index (χ0n) is 5.98. The molecule has 0 saturated heterocycles. The molecule has 1 fully saturated rings. The SMILES string of the molecule is CC(C)C1CCCC1.[HH]. The van der Waals surface area contributed by atoms with Crippen molar-refractivity contribution in [2.75, 3.05) is 0 Å². The number of rotatable bonds is 1. The minimum atomic E-state index is 0. The second-order valence-corrected chi connectivity index (χ2v) is 3.29. The van der Waals surface area contributed by atoms with Crippen molar-refractivity contribution in [1.82, 2.24) is 0 Å². The molecule has 0 unspecified atom stereocenters. The standard InChI is InChI=1S/C8H16.H2/c1-7(2)8-5-3-4-6-8;/h7-8H,3-6H2,1-2H3;1H. The molecule has 0 N–H and O–H groups in total. The molecule has 0 heteroatoms. The van der Waals surface area contributed by atoms with Gasteiger partial charge in [-0.3, -0.25) is 0 Å². The molecule has 1 rings (SSSR count). The third-order valence-corrected chi connectivity index (χ3v) is 2.34. The van der Waals surface area contributed by atoms with Crippen molar-refractivity contribution in [2.24, 2.45) is 11.8 Å². The third kappa shape index (κ3) is 1.24. The summed E-state index contributed by atoms with van der Waals surface area (Å²) in [6.07, 6.45) is 5.97. The second-order valence-electron chi connectivity index (χ2n) is 3.29. The summed E-state index contributed by atoms with van der Waals surface area (Å²) in [6, 6.07) is 0. The fraction of sp³-hybridized carbons (Fsp3) is 1.00. The summed E-state index contributed by atoms with van der Waals surface area (Å²) < 4.78 is 0. The molecule has 1 aliphatic carbocycles. The second kappa shape index (κ2) is 2.52. The van der Waals surface area contributed by atoms with Crippen LogP contribution in [0.3, 0.4) is 0 Å². The van der Waals surface area contributed by atoms with Gasteiger partial charge < -0.3 is 0 Å². The van der Waals surface area contributed by atoms with Gasteiger partial charge in [0.1, 0.15) is 0 Å². The predicted octanol–water partition coefficient (Wildman–Crippen LogP) is 3.08. The minimum Gasteiger partial charge on any atom is -0.0625 e. The molecule has 0 bridgehead atoms. The largest absolute Gasteiger partial charge is 0.0625 e. The molecule has 50 valence electrons. The minimum absolute atomic E-state index is 0. The highest BCUT2D eigenvalue weighted by Gasteiger charge is 2.17. The highest BCUT2D eigenvalue weighted by atomic mass is 14.2. The van der Waals surface area contributed by atoms with E-state index in [9.17, 15) is 0 Å². The van der Waals surface area contributed by atoms with Gasteiger partial charge in [0.15, 0.2) is 0 Å². The predicted molar refractivity (Wildman–Crippen MR) is 38.9 cm³/mol. The molecule has 0 nitrogen and oxygen atoms in total. The van der Waals surface area contributed by atoms with Gasteiger partial charge in [-0.2, -0.15) is 0 Å². The molecule has 0 radical (unpaired) electrons. The van der Waals surface area contributed by atoms with Crippen molar-refractivity contribution in [3.05, 3.63) is 0 Å². The molecule has 8 heavy (non-hydrogen) atoms. The normalized spacial score (nSPS) is 22.9. The van der Waals surface area contributed by atoms with Crippen LogP contribution in [0.5, 0.6) is 0 Å². The Morgan fingerprint density at radius 1 is 1.25 bits per heavy atom. The van der Waals surface area contributed by atoms with E-state index in [4.69, 9.17) is 0 Å². The van der Waals surface area contributed by atoms with Crippen molar-refractivity contribution < 1.29 is 1.43 Å². The van der Waals surface area contributed by atoms with E-state index in [-0.39, 0.29) is 1.43 Å². The summed E-state index contributed by atoms with van der Waals surface area (Å²) in [4.78, 5) is 0. The summed E-state index contributed by atoms with van der Waals surface area (Å²) in [7, 11) is 0. The zero-order valence-corrected chi connectivity index (χ0v) is 5.98. The van der Waals surface area contributed by atoms with Crippen molar-refractivity contribution in [1.29, 1.82) is 0 Å². The highest BCUT2D eigenvalue weighted by Crippen LogP contribution is 2.30. The summed E-state index contributed by atoms with van der Waals surface area (Å²) in [5.41, 5.74) is 0. The van der Waals surface area contributed by atoms with Gasteiger partial charge in [0.05, 0.1) is 0 Å². The first-order chi connectivity index (χ1) is 3.80. The molecule has 0 atom stereocenters. The first kappa shape index (κ1) is 6.12. The van der Waals surface area contributed by atoms with E-state index in [1.807, 2.05) is 0 Å². The maximum absolute atomic E-state index is 2.34. The van der Waals surface area contributed by atoms with Gasteiger partial charge in [-0.15, -0.1) is 0 Å². The van der Waals surface area contributed by atoms with Crippen LogP contribution < -0.4 is 0 Å². The monoisotopic (exact) mass is 114 g/mol. The van der Waals surface area contributed by atoms with Gasteiger partial charge in [-0.1, -0.05) is 39.5 Å². The Balaban J connectivity index is 0.000000640. The summed E-state index contributed by atoms with van der Waals surface area (Å²) in [5, 5.41) is 0. The van der Waals surface area contributed by atoms with Gasteiger partial charge in [0.25, 0.3) is 0 Å². The van der Waals surface area contributed by atoms with Gasteiger partial charge in [-0.05, 0) is 11.8 Å². The Labute approximate surface area is 53.8 Å². The highest BCUT2D eigenvalue weighted by molar-refractivity contribution is 4.69. The molecular weight excluding hydrogens is 96.1 g/mol. The quantitative estimate of drug-likeness (QED) is 0.491. The molecule has 0 aliphatic heterocycles. The Kier molecular flexibility index (Phi) is 1.93. The van der Waals surface area contributed by atoms with Crippen LogP contribution in [0.2, 0.25) is 0 Å². The van der Waals surface area contributed by atoms with Crippen LogP contribution in [-0.4, -0.2) is 0 Å². The maximum Gasteiger partial charge on any atom is 0 e. The number of hydrogen-bond acceptors (Lipinski definition) is 0. The van der Waals surface area contributed by atoms with Crippen molar-refractivity contribution in [3.8, 4) is 0 Å². The van der Waals surface area contributed by atoms with E-state index in [2.05, 4.69) is 13.8 Å².